The second-order valence-electron chi connectivity index (χ2n) is 6.72. The van der Waals surface area contributed by atoms with Crippen molar-refractivity contribution in [3.8, 4) is 11.5 Å². The summed E-state index contributed by atoms with van der Waals surface area (Å²) in [6, 6.07) is 7.84. The summed E-state index contributed by atoms with van der Waals surface area (Å²) in [7, 11) is 1.92. The third-order valence-corrected chi connectivity index (χ3v) is 4.87. The molecular formula is C21H27N5O. The maximum absolute atomic E-state index is 13.0. The number of rotatable bonds is 7. The van der Waals surface area contributed by atoms with E-state index in [9.17, 15) is 4.79 Å². The average Bonchev–Trinajstić information content (AvgIpc) is 3.10. The van der Waals surface area contributed by atoms with Gasteiger partial charge in [-0.25, -0.2) is 9.97 Å². The van der Waals surface area contributed by atoms with Gasteiger partial charge in [-0.3, -0.25) is 4.79 Å². The smallest absolute Gasteiger partial charge is 0.252 e. The van der Waals surface area contributed by atoms with Crippen molar-refractivity contribution in [3.63, 3.8) is 0 Å². The van der Waals surface area contributed by atoms with Gasteiger partial charge in [0.1, 0.15) is 5.69 Å². The Bertz CT molecular complexity index is 943. The second-order valence-corrected chi connectivity index (χ2v) is 6.72. The van der Waals surface area contributed by atoms with E-state index in [0.29, 0.717) is 17.8 Å². The molecule has 0 saturated heterocycles. The fourth-order valence-electron chi connectivity index (χ4n) is 3.22. The Morgan fingerprint density at radius 3 is 2.67 bits per heavy atom. The first kappa shape index (κ1) is 19.0. The third-order valence-electron chi connectivity index (χ3n) is 4.87. The summed E-state index contributed by atoms with van der Waals surface area (Å²) in [5.74, 6) is 0.672. The number of carbonyl (C=O) groups is 1. The van der Waals surface area contributed by atoms with Crippen LogP contribution in [-0.4, -0.2) is 51.5 Å². The van der Waals surface area contributed by atoms with Gasteiger partial charge in [-0.2, -0.15) is 0 Å². The van der Waals surface area contributed by atoms with Crippen molar-refractivity contribution < 1.29 is 4.79 Å². The molecule has 1 aromatic carbocycles. The minimum atomic E-state index is -0.0735. The number of nitrogens with zero attached hydrogens (tertiary/aromatic N) is 4. The van der Waals surface area contributed by atoms with Gasteiger partial charge in [-0.1, -0.05) is 25.5 Å². The zero-order chi connectivity index (χ0) is 19.4. The fraction of sp³-hybridized carbons (Fsp3) is 0.381. The molecule has 0 fully saturated rings. The van der Waals surface area contributed by atoms with Gasteiger partial charge in [0.25, 0.3) is 5.91 Å². The Morgan fingerprint density at radius 2 is 2.00 bits per heavy atom. The lowest BCUT2D eigenvalue weighted by Crippen LogP contribution is -2.34. The Labute approximate surface area is 160 Å². The van der Waals surface area contributed by atoms with Gasteiger partial charge in [-0.15, -0.1) is 0 Å². The number of hydrogen-bond donors (Lipinski definition) is 1. The number of carbonyl (C=O) groups excluding carboxylic acids is 1. The lowest BCUT2D eigenvalue weighted by molar-refractivity contribution is 0.0950. The van der Waals surface area contributed by atoms with Crippen LogP contribution < -0.4 is 5.32 Å². The normalized spacial score (nSPS) is 11.3. The molecule has 0 aliphatic rings. The summed E-state index contributed by atoms with van der Waals surface area (Å²) in [4.78, 5) is 24.3. The number of amides is 1. The molecule has 0 bridgehead atoms. The highest BCUT2D eigenvalue weighted by atomic mass is 16.1. The van der Waals surface area contributed by atoms with Gasteiger partial charge in [0.2, 0.25) is 0 Å². The Morgan fingerprint density at radius 1 is 1.22 bits per heavy atom. The lowest BCUT2D eigenvalue weighted by Gasteiger charge is -2.18. The molecular weight excluding hydrogens is 338 g/mol. The van der Waals surface area contributed by atoms with Gasteiger partial charge in [0.15, 0.2) is 5.82 Å². The number of aromatic nitrogens is 3. The van der Waals surface area contributed by atoms with Crippen LogP contribution in [0.3, 0.4) is 0 Å². The minimum Gasteiger partial charge on any atom is -0.351 e. The number of imidazole rings is 1. The van der Waals surface area contributed by atoms with E-state index in [1.165, 1.54) is 0 Å². The second kappa shape index (κ2) is 8.31. The number of fused-ring (bicyclic) bond motifs is 1. The highest BCUT2D eigenvalue weighted by Gasteiger charge is 2.16. The Kier molecular flexibility index (Phi) is 5.86. The molecule has 1 amide bonds. The van der Waals surface area contributed by atoms with Crippen LogP contribution in [-0.2, 0) is 7.05 Å². The largest absolute Gasteiger partial charge is 0.351 e. The quantitative estimate of drug-likeness (QED) is 0.699. The van der Waals surface area contributed by atoms with Crippen molar-refractivity contribution >= 4 is 16.8 Å². The van der Waals surface area contributed by atoms with E-state index in [0.717, 1.165) is 41.9 Å². The average molecular weight is 365 g/mol. The summed E-state index contributed by atoms with van der Waals surface area (Å²) in [6.45, 7) is 9.70. The monoisotopic (exact) mass is 365 g/mol. The van der Waals surface area contributed by atoms with Crippen LogP contribution in [0.5, 0.6) is 0 Å². The molecule has 6 heteroatoms. The van der Waals surface area contributed by atoms with Gasteiger partial charge in [0, 0.05) is 37.9 Å². The molecule has 0 unspecified atom stereocenters. The van der Waals surface area contributed by atoms with E-state index in [2.05, 4.69) is 29.0 Å². The summed E-state index contributed by atoms with van der Waals surface area (Å²) < 4.78 is 1.91. The highest BCUT2D eigenvalue weighted by molar-refractivity contribution is 6.07. The summed E-state index contributed by atoms with van der Waals surface area (Å²) in [5, 5.41) is 3.93. The molecule has 0 atom stereocenters. The number of benzene rings is 1. The fourth-order valence-corrected chi connectivity index (χ4v) is 3.22. The lowest BCUT2D eigenvalue weighted by atomic mass is 10.0. The van der Waals surface area contributed by atoms with Crippen molar-refractivity contribution in [2.24, 2.45) is 7.05 Å². The standard InChI is InChI=1S/C21H27N5O/c1-5-26(6-2)12-10-23-21(27)17-14-19(20-22-9-11-25(20)4)24-18-8-7-15(3)13-16(17)18/h7-9,11,13-14H,5-6,10,12H2,1-4H3,(H,23,27). The van der Waals surface area contributed by atoms with Crippen molar-refractivity contribution in [3.05, 3.63) is 47.8 Å². The first-order chi connectivity index (χ1) is 13.0. The van der Waals surface area contributed by atoms with E-state index in [-0.39, 0.29) is 5.91 Å². The molecule has 0 aliphatic carbocycles. The number of likely N-dealkylation sites (N-methyl/N-ethyl adjacent to an activating group) is 1. The number of aryl methyl sites for hydroxylation is 2. The molecule has 2 heterocycles. The molecule has 1 N–H and O–H groups in total. The van der Waals surface area contributed by atoms with Crippen molar-refractivity contribution in [1.29, 1.82) is 0 Å². The minimum absolute atomic E-state index is 0.0735. The Hall–Kier alpha value is -2.73. The van der Waals surface area contributed by atoms with E-state index in [1.807, 2.05) is 49.0 Å². The summed E-state index contributed by atoms with van der Waals surface area (Å²) >= 11 is 0. The van der Waals surface area contributed by atoms with Gasteiger partial charge in [0.05, 0.1) is 11.1 Å². The molecule has 3 aromatic rings. The summed E-state index contributed by atoms with van der Waals surface area (Å²) in [5.41, 5.74) is 3.25. The number of pyridine rings is 1. The van der Waals surface area contributed by atoms with Gasteiger partial charge < -0.3 is 14.8 Å². The van der Waals surface area contributed by atoms with Crippen LogP contribution in [0.4, 0.5) is 0 Å². The molecule has 6 nitrogen and oxygen atoms in total. The molecule has 0 spiro atoms. The zero-order valence-electron chi connectivity index (χ0n) is 16.5. The molecule has 142 valence electrons. The molecule has 27 heavy (non-hydrogen) atoms. The van der Waals surface area contributed by atoms with Crippen LogP contribution in [0, 0.1) is 6.92 Å². The van der Waals surface area contributed by atoms with Crippen molar-refractivity contribution in [1.82, 2.24) is 24.8 Å². The first-order valence-electron chi connectivity index (χ1n) is 9.43. The molecule has 0 saturated carbocycles. The van der Waals surface area contributed by atoms with E-state index >= 15 is 0 Å². The summed E-state index contributed by atoms with van der Waals surface area (Å²) in [6.07, 6.45) is 3.61. The SMILES string of the molecule is CCN(CC)CCNC(=O)c1cc(-c2nccn2C)nc2ccc(C)cc12. The van der Waals surface area contributed by atoms with Crippen molar-refractivity contribution in [2.45, 2.75) is 20.8 Å². The number of nitrogens with one attached hydrogen (secondary N) is 1. The first-order valence-corrected chi connectivity index (χ1v) is 9.43. The topological polar surface area (TPSA) is 63.1 Å². The molecule has 0 aliphatic heterocycles. The van der Waals surface area contributed by atoms with E-state index in [4.69, 9.17) is 4.98 Å². The van der Waals surface area contributed by atoms with Crippen molar-refractivity contribution in [2.75, 3.05) is 26.2 Å². The predicted octanol–water partition coefficient (Wildman–Crippen LogP) is 3.02. The van der Waals surface area contributed by atoms with Gasteiger partial charge in [-0.05, 0) is 38.2 Å². The van der Waals surface area contributed by atoms with Crippen LogP contribution >= 0.6 is 0 Å². The Balaban J connectivity index is 1.95. The predicted molar refractivity (Wildman–Crippen MR) is 109 cm³/mol. The van der Waals surface area contributed by atoms with Gasteiger partial charge >= 0.3 is 0 Å². The van der Waals surface area contributed by atoms with Crippen LogP contribution in [0.25, 0.3) is 22.4 Å². The molecule has 3 rings (SSSR count). The van der Waals surface area contributed by atoms with E-state index < -0.39 is 0 Å². The van der Waals surface area contributed by atoms with E-state index in [1.54, 1.807) is 6.20 Å². The zero-order valence-corrected chi connectivity index (χ0v) is 16.5. The molecule has 0 radical (unpaired) electrons. The number of hydrogen-bond acceptors (Lipinski definition) is 4. The molecule has 2 aromatic heterocycles. The maximum atomic E-state index is 13.0. The van der Waals surface area contributed by atoms with Crippen LogP contribution in [0.2, 0.25) is 0 Å². The van der Waals surface area contributed by atoms with Crippen LogP contribution in [0.15, 0.2) is 36.7 Å². The maximum Gasteiger partial charge on any atom is 0.252 e. The van der Waals surface area contributed by atoms with Crippen LogP contribution in [0.1, 0.15) is 29.8 Å². The third kappa shape index (κ3) is 4.17. The highest BCUT2D eigenvalue weighted by Crippen LogP contribution is 2.24.